The van der Waals surface area contributed by atoms with Crippen molar-refractivity contribution in [2.45, 2.75) is 0 Å². The van der Waals surface area contributed by atoms with E-state index in [2.05, 4.69) is 224 Å². The Morgan fingerprint density at radius 1 is 0.277 bits per heavy atom. The van der Waals surface area contributed by atoms with Gasteiger partial charge in [-0.25, -0.2) is 9.97 Å². The Labute approximate surface area is 380 Å². The van der Waals surface area contributed by atoms with Crippen molar-refractivity contribution in [3.05, 3.63) is 231 Å². The van der Waals surface area contributed by atoms with Gasteiger partial charge in [-0.05, 0) is 131 Å². The van der Waals surface area contributed by atoms with Gasteiger partial charge in [-0.15, -0.1) is 11.3 Å². The van der Waals surface area contributed by atoms with Crippen LogP contribution in [0.4, 0.5) is 0 Å². The van der Waals surface area contributed by atoms with Crippen LogP contribution < -0.4 is 0 Å². The maximum atomic E-state index is 5.36. The Morgan fingerprint density at radius 2 is 0.831 bits per heavy atom. The van der Waals surface area contributed by atoms with Crippen molar-refractivity contribution in [3.63, 3.8) is 0 Å². The third-order valence-corrected chi connectivity index (χ3v) is 14.2. The summed E-state index contributed by atoms with van der Waals surface area (Å²) in [6.07, 6.45) is 0. The Bertz CT molecular complexity index is 4010. The molecule has 2 aromatic heterocycles. The van der Waals surface area contributed by atoms with Gasteiger partial charge < -0.3 is 0 Å². The van der Waals surface area contributed by atoms with Crippen LogP contribution in [0, 0.1) is 0 Å². The normalized spacial score (nSPS) is 11.7. The predicted octanol–water partition coefficient (Wildman–Crippen LogP) is 17.5. The molecular weight excluding hydrogens is 805 g/mol. The van der Waals surface area contributed by atoms with Gasteiger partial charge in [-0.3, -0.25) is 0 Å². The molecule has 0 unspecified atom stereocenters. The van der Waals surface area contributed by atoms with Crippen LogP contribution in [0.2, 0.25) is 0 Å². The van der Waals surface area contributed by atoms with Gasteiger partial charge in [0.1, 0.15) is 0 Å². The van der Waals surface area contributed by atoms with Crippen molar-refractivity contribution in [2.75, 3.05) is 0 Å². The lowest BCUT2D eigenvalue weighted by Crippen LogP contribution is -1.96. The van der Waals surface area contributed by atoms with Crippen molar-refractivity contribution in [2.24, 2.45) is 0 Å². The van der Waals surface area contributed by atoms with Crippen LogP contribution in [0.1, 0.15) is 0 Å². The van der Waals surface area contributed by atoms with Crippen LogP contribution >= 0.6 is 11.3 Å². The first-order valence-electron chi connectivity index (χ1n) is 22.1. The van der Waals surface area contributed by atoms with Crippen molar-refractivity contribution in [3.8, 4) is 67.3 Å². The molecule has 0 bridgehead atoms. The topological polar surface area (TPSA) is 25.8 Å². The highest BCUT2D eigenvalue weighted by Crippen LogP contribution is 2.45. The number of rotatable bonds is 6. The Balaban J connectivity index is 1.02. The predicted molar refractivity (Wildman–Crippen MR) is 278 cm³/mol. The molecule has 0 saturated carbocycles. The summed E-state index contributed by atoms with van der Waals surface area (Å²) < 4.78 is 2.51. The number of thiophene rings is 1. The van der Waals surface area contributed by atoms with E-state index < -0.39 is 0 Å². The van der Waals surface area contributed by atoms with Gasteiger partial charge in [0.25, 0.3) is 0 Å². The average molecular weight is 843 g/mol. The zero-order chi connectivity index (χ0) is 42.8. The molecular formula is C62H38N2S. The second kappa shape index (κ2) is 15.2. The molecule has 3 heteroatoms. The van der Waals surface area contributed by atoms with Gasteiger partial charge in [-0.2, -0.15) is 0 Å². The molecule has 65 heavy (non-hydrogen) atoms. The minimum absolute atomic E-state index is 0.703. The van der Waals surface area contributed by atoms with E-state index >= 15 is 0 Å². The van der Waals surface area contributed by atoms with Crippen LogP contribution in [0.3, 0.4) is 0 Å². The molecule has 0 aliphatic heterocycles. The minimum atomic E-state index is 0.703. The van der Waals surface area contributed by atoms with E-state index in [1.807, 2.05) is 17.4 Å². The lowest BCUT2D eigenvalue weighted by Gasteiger charge is -2.16. The second-order valence-corrected chi connectivity index (χ2v) is 18.0. The zero-order valence-electron chi connectivity index (χ0n) is 35.2. The number of hydrogen-bond donors (Lipinski definition) is 0. The summed E-state index contributed by atoms with van der Waals surface area (Å²) in [7, 11) is 0. The summed E-state index contributed by atoms with van der Waals surface area (Å²) in [6, 6.07) is 83.7. The average Bonchev–Trinajstić information content (AvgIpc) is 3.78. The quantitative estimate of drug-likeness (QED) is 0.156. The first-order chi connectivity index (χ1) is 32.2. The fourth-order valence-corrected chi connectivity index (χ4v) is 11.1. The summed E-state index contributed by atoms with van der Waals surface area (Å²) in [5, 5.41) is 12.5. The fraction of sp³-hybridized carbons (Fsp3) is 0. The van der Waals surface area contributed by atoms with E-state index in [1.54, 1.807) is 0 Å². The van der Waals surface area contributed by atoms with E-state index in [9.17, 15) is 0 Å². The van der Waals surface area contributed by atoms with Crippen molar-refractivity contribution in [1.29, 1.82) is 0 Å². The number of aromatic nitrogens is 2. The summed E-state index contributed by atoms with van der Waals surface area (Å²) in [5.74, 6) is 0.703. The Morgan fingerprint density at radius 3 is 1.65 bits per heavy atom. The maximum absolute atomic E-state index is 5.36. The number of fused-ring (bicyclic) bond motifs is 9. The molecule has 11 aromatic carbocycles. The monoisotopic (exact) mass is 842 g/mol. The summed E-state index contributed by atoms with van der Waals surface area (Å²) >= 11 is 1.84. The molecule has 13 rings (SSSR count). The molecule has 0 spiro atoms. The standard InChI is InChI=1S/C62H38N2S/c1-2-16-40(17-3-1)62-63-57(38-58(64-62)56-37-45-20-7-9-24-51(45)60-54-27-12-13-28-59(54)65-61(56)60)46-22-14-21-42(32-46)47-33-48(43-30-29-39-15-4-5-18-41(39)31-43)35-49(34-47)55-36-44-19-6-8-23-50(44)52-25-10-11-26-53(52)55/h1-38H. The molecule has 0 fully saturated rings. The SMILES string of the molecule is c1ccc(-c2nc(-c3cccc(-c4cc(-c5ccc6ccccc6c5)cc(-c5cc6ccccc6c6ccccc56)c4)c3)cc(-c3cc4ccccc4c4c3sc3ccccc34)n2)cc1. The summed E-state index contributed by atoms with van der Waals surface area (Å²) in [4.78, 5) is 10.7. The first kappa shape index (κ1) is 37.3. The number of nitrogens with zero attached hydrogens (tertiary/aromatic N) is 2. The van der Waals surface area contributed by atoms with Gasteiger partial charge in [-0.1, -0.05) is 176 Å². The van der Waals surface area contributed by atoms with Crippen molar-refractivity contribution >= 4 is 74.6 Å². The van der Waals surface area contributed by atoms with Crippen LogP contribution in [0.15, 0.2) is 231 Å². The zero-order valence-corrected chi connectivity index (χ0v) is 36.1. The molecule has 0 atom stereocenters. The highest BCUT2D eigenvalue weighted by atomic mass is 32.1. The Hall–Kier alpha value is -8.24. The van der Waals surface area contributed by atoms with Crippen LogP contribution in [-0.2, 0) is 0 Å². The third kappa shape index (κ3) is 6.48. The van der Waals surface area contributed by atoms with Crippen molar-refractivity contribution in [1.82, 2.24) is 9.97 Å². The van der Waals surface area contributed by atoms with Crippen LogP contribution in [0.5, 0.6) is 0 Å². The second-order valence-electron chi connectivity index (χ2n) is 16.9. The number of hydrogen-bond acceptors (Lipinski definition) is 3. The highest BCUT2D eigenvalue weighted by Gasteiger charge is 2.19. The molecule has 0 aliphatic rings. The van der Waals surface area contributed by atoms with E-state index in [4.69, 9.17) is 9.97 Å². The minimum Gasteiger partial charge on any atom is -0.228 e. The lowest BCUT2D eigenvalue weighted by atomic mass is 9.88. The lowest BCUT2D eigenvalue weighted by molar-refractivity contribution is 1.19. The molecule has 13 aromatic rings. The van der Waals surface area contributed by atoms with E-state index in [1.165, 1.54) is 85.5 Å². The molecule has 0 radical (unpaired) electrons. The maximum Gasteiger partial charge on any atom is 0.160 e. The Kier molecular flexibility index (Phi) is 8.75. The molecule has 0 amide bonds. The number of benzene rings is 11. The van der Waals surface area contributed by atoms with Gasteiger partial charge in [0, 0.05) is 36.9 Å². The summed E-state index contributed by atoms with van der Waals surface area (Å²) in [5.41, 5.74) is 11.9. The molecule has 2 nitrogen and oxygen atoms in total. The molecule has 0 N–H and O–H groups in total. The van der Waals surface area contributed by atoms with E-state index in [-0.39, 0.29) is 0 Å². The first-order valence-corrected chi connectivity index (χ1v) is 22.9. The van der Waals surface area contributed by atoms with Crippen LogP contribution in [-0.4, -0.2) is 9.97 Å². The van der Waals surface area contributed by atoms with Gasteiger partial charge in [0.15, 0.2) is 5.82 Å². The third-order valence-electron chi connectivity index (χ3n) is 13.0. The largest absolute Gasteiger partial charge is 0.228 e. The molecule has 2 heterocycles. The smallest absolute Gasteiger partial charge is 0.160 e. The van der Waals surface area contributed by atoms with Crippen molar-refractivity contribution < 1.29 is 0 Å². The molecule has 0 saturated heterocycles. The van der Waals surface area contributed by atoms with E-state index in [0.717, 1.165) is 39.2 Å². The highest BCUT2D eigenvalue weighted by molar-refractivity contribution is 7.26. The van der Waals surface area contributed by atoms with E-state index in [0.29, 0.717) is 5.82 Å². The molecule has 0 aliphatic carbocycles. The fourth-order valence-electron chi connectivity index (χ4n) is 9.85. The van der Waals surface area contributed by atoms with Gasteiger partial charge in [0.05, 0.1) is 11.4 Å². The van der Waals surface area contributed by atoms with Crippen LogP contribution in [0.25, 0.3) is 131 Å². The summed E-state index contributed by atoms with van der Waals surface area (Å²) in [6.45, 7) is 0. The molecule has 302 valence electrons. The van der Waals surface area contributed by atoms with Gasteiger partial charge >= 0.3 is 0 Å². The van der Waals surface area contributed by atoms with Gasteiger partial charge in [0.2, 0.25) is 0 Å².